The Labute approximate surface area is 117 Å². The van der Waals surface area contributed by atoms with Crippen molar-refractivity contribution in [1.29, 1.82) is 0 Å². The molecule has 2 fully saturated rings. The van der Waals surface area contributed by atoms with Crippen molar-refractivity contribution in [3.63, 3.8) is 0 Å². The monoisotopic (exact) mass is 264 g/mol. The molecule has 19 heavy (non-hydrogen) atoms. The molecule has 108 valence electrons. The molecule has 1 saturated carbocycles. The standard InChI is InChI=1S/C16H28N2O/c1-3-7-13(2)15(19)18-14-8-11-17-16(12-14)9-5-4-6-10-16/h7,14,17H,3-6,8-12H2,1-2H3,(H,18,19)/b13-7+. The van der Waals surface area contributed by atoms with Crippen LogP contribution in [-0.4, -0.2) is 24.0 Å². The lowest BCUT2D eigenvalue weighted by molar-refractivity contribution is -0.118. The molecule has 3 nitrogen and oxygen atoms in total. The van der Waals surface area contributed by atoms with E-state index in [2.05, 4.69) is 17.6 Å². The highest BCUT2D eigenvalue weighted by atomic mass is 16.1. The van der Waals surface area contributed by atoms with Gasteiger partial charge in [0.1, 0.15) is 0 Å². The lowest BCUT2D eigenvalue weighted by atomic mass is 9.75. The van der Waals surface area contributed by atoms with Crippen molar-refractivity contribution >= 4 is 5.91 Å². The second-order valence-electron chi connectivity index (χ2n) is 6.23. The van der Waals surface area contributed by atoms with Gasteiger partial charge in [-0.3, -0.25) is 4.79 Å². The van der Waals surface area contributed by atoms with E-state index in [-0.39, 0.29) is 5.91 Å². The van der Waals surface area contributed by atoms with E-state index >= 15 is 0 Å². The van der Waals surface area contributed by atoms with Crippen LogP contribution in [0.4, 0.5) is 0 Å². The van der Waals surface area contributed by atoms with Gasteiger partial charge in [0.05, 0.1) is 0 Å². The van der Waals surface area contributed by atoms with Gasteiger partial charge in [0.25, 0.3) is 0 Å². The van der Waals surface area contributed by atoms with Crippen molar-refractivity contribution < 1.29 is 4.79 Å². The number of piperidine rings is 1. The first kappa shape index (κ1) is 14.6. The molecule has 1 aliphatic heterocycles. The second-order valence-corrected chi connectivity index (χ2v) is 6.23. The van der Waals surface area contributed by atoms with Gasteiger partial charge >= 0.3 is 0 Å². The maximum absolute atomic E-state index is 12.1. The third-order valence-corrected chi connectivity index (χ3v) is 4.64. The van der Waals surface area contributed by atoms with E-state index in [1.54, 1.807) is 0 Å². The fourth-order valence-electron chi connectivity index (χ4n) is 3.59. The minimum atomic E-state index is 0.125. The quantitative estimate of drug-likeness (QED) is 0.770. The maximum Gasteiger partial charge on any atom is 0.246 e. The molecule has 2 N–H and O–H groups in total. The lowest BCUT2D eigenvalue weighted by Crippen LogP contribution is -2.57. The zero-order chi connectivity index (χ0) is 13.7. The highest BCUT2D eigenvalue weighted by Gasteiger charge is 2.37. The van der Waals surface area contributed by atoms with E-state index in [4.69, 9.17) is 0 Å². The van der Waals surface area contributed by atoms with Crippen LogP contribution in [0.3, 0.4) is 0 Å². The van der Waals surface area contributed by atoms with Crippen LogP contribution in [-0.2, 0) is 4.79 Å². The minimum Gasteiger partial charge on any atom is -0.349 e. The molecular formula is C16H28N2O. The Bertz CT molecular complexity index is 337. The van der Waals surface area contributed by atoms with E-state index in [0.29, 0.717) is 11.6 Å². The third kappa shape index (κ3) is 3.82. The van der Waals surface area contributed by atoms with Gasteiger partial charge in [-0.15, -0.1) is 0 Å². The summed E-state index contributed by atoms with van der Waals surface area (Å²) in [7, 11) is 0. The number of rotatable bonds is 3. The SMILES string of the molecule is CC/C=C(\C)C(=O)NC1CCNC2(CCCCC2)C1. The Morgan fingerprint density at radius 1 is 1.37 bits per heavy atom. The van der Waals surface area contributed by atoms with Gasteiger partial charge < -0.3 is 10.6 Å². The first-order valence-electron chi connectivity index (χ1n) is 7.88. The summed E-state index contributed by atoms with van der Waals surface area (Å²) in [5, 5.41) is 6.95. The van der Waals surface area contributed by atoms with Gasteiger partial charge in [0.2, 0.25) is 5.91 Å². The molecule has 0 aromatic carbocycles. The zero-order valence-electron chi connectivity index (χ0n) is 12.4. The van der Waals surface area contributed by atoms with Crippen LogP contribution < -0.4 is 10.6 Å². The molecule has 0 aromatic heterocycles. The predicted molar refractivity (Wildman–Crippen MR) is 79.0 cm³/mol. The van der Waals surface area contributed by atoms with Crippen molar-refractivity contribution in [1.82, 2.24) is 10.6 Å². The van der Waals surface area contributed by atoms with Gasteiger partial charge in [-0.05, 0) is 45.6 Å². The minimum absolute atomic E-state index is 0.125. The first-order valence-corrected chi connectivity index (χ1v) is 7.88. The second kappa shape index (κ2) is 6.56. The molecule has 1 saturated heterocycles. The van der Waals surface area contributed by atoms with E-state index in [1.165, 1.54) is 32.1 Å². The Kier molecular flexibility index (Phi) is 5.03. The Balaban J connectivity index is 1.90. The molecule has 0 bridgehead atoms. The molecule has 2 rings (SSSR count). The van der Waals surface area contributed by atoms with Crippen molar-refractivity contribution in [3.8, 4) is 0 Å². The molecule has 1 spiro atoms. The fourth-order valence-corrected chi connectivity index (χ4v) is 3.59. The average Bonchev–Trinajstić information content (AvgIpc) is 2.40. The summed E-state index contributed by atoms with van der Waals surface area (Å²) in [6.07, 6.45) is 11.7. The van der Waals surface area contributed by atoms with Crippen LogP contribution in [0.1, 0.15) is 65.2 Å². The zero-order valence-corrected chi connectivity index (χ0v) is 12.4. The van der Waals surface area contributed by atoms with Crippen LogP contribution in [0.2, 0.25) is 0 Å². The molecule has 3 heteroatoms. The molecule has 0 radical (unpaired) electrons. The summed E-state index contributed by atoms with van der Waals surface area (Å²) in [4.78, 5) is 12.1. The van der Waals surface area contributed by atoms with Crippen LogP contribution in [0.5, 0.6) is 0 Å². The van der Waals surface area contributed by atoms with Crippen LogP contribution in [0, 0.1) is 0 Å². The number of hydrogen-bond donors (Lipinski definition) is 2. The van der Waals surface area contributed by atoms with Crippen LogP contribution in [0.25, 0.3) is 0 Å². The number of amides is 1. The van der Waals surface area contributed by atoms with Gasteiger partial charge in [-0.1, -0.05) is 32.3 Å². The molecule has 1 unspecified atom stereocenters. The number of allylic oxidation sites excluding steroid dienone is 1. The van der Waals surface area contributed by atoms with Crippen molar-refractivity contribution in [2.75, 3.05) is 6.54 Å². The summed E-state index contributed by atoms with van der Waals surface area (Å²) in [5.41, 5.74) is 1.18. The van der Waals surface area contributed by atoms with Gasteiger partial charge in [-0.2, -0.15) is 0 Å². The number of hydrogen-bond acceptors (Lipinski definition) is 2. The number of carbonyl (C=O) groups is 1. The summed E-state index contributed by atoms with van der Waals surface area (Å²) in [5.74, 6) is 0.125. The van der Waals surface area contributed by atoms with E-state index in [0.717, 1.165) is 31.4 Å². The van der Waals surface area contributed by atoms with Crippen molar-refractivity contribution in [2.24, 2.45) is 0 Å². The number of carbonyl (C=O) groups excluding carboxylic acids is 1. The largest absolute Gasteiger partial charge is 0.349 e. The summed E-state index contributed by atoms with van der Waals surface area (Å²) >= 11 is 0. The first-order chi connectivity index (χ1) is 9.15. The fraction of sp³-hybridized carbons (Fsp3) is 0.812. The van der Waals surface area contributed by atoms with Crippen LogP contribution in [0.15, 0.2) is 11.6 Å². The molecular weight excluding hydrogens is 236 g/mol. The van der Waals surface area contributed by atoms with Gasteiger partial charge in [-0.25, -0.2) is 0 Å². The highest BCUT2D eigenvalue weighted by Crippen LogP contribution is 2.34. The lowest BCUT2D eigenvalue weighted by Gasteiger charge is -2.44. The summed E-state index contributed by atoms with van der Waals surface area (Å²) < 4.78 is 0. The maximum atomic E-state index is 12.1. The smallest absolute Gasteiger partial charge is 0.246 e. The molecule has 0 aromatic rings. The molecule has 2 aliphatic rings. The summed E-state index contributed by atoms with van der Waals surface area (Å²) in [6.45, 7) is 5.02. The third-order valence-electron chi connectivity index (χ3n) is 4.64. The van der Waals surface area contributed by atoms with Gasteiger partial charge in [0, 0.05) is 17.2 Å². The predicted octanol–water partition coefficient (Wildman–Crippen LogP) is 2.91. The Hall–Kier alpha value is -0.830. The van der Waals surface area contributed by atoms with Crippen molar-refractivity contribution in [2.45, 2.75) is 76.8 Å². The number of nitrogens with one attached hydrogen (secondary N) is 2. The van der Waals surface area contributed by atoms with Crippen molar-refractivity contribution in [3.05, 3.63) is 11.6 Å². The van der Waals surface area contributed by atoms with Crippen LogP contribution >= 0.6 is 0 Å². The Morgan fingerprint density at radius 3 is 2.79 bits per heavy atom. The molecule has 1 aliphatic carbocycles. The average molecular weight is 264 g/mol. The molecule has 1 heterocycles. The van der Waals surface area contributed by atoms with E-state index < -0.39 is 0 Å². The highest BCUT2D eigenvalue weighted by molar-refractivity contribution is 5.92. The summed E-state index contributed by atoms with van der Waals surface area (Å²) in [6, 6.07) is 0.354. The molecule has 1 atom stereocenters. The molecule has 1 amide bonds. The van der Waals surface area contributed by atoms with E-state index in [1.807, 2.05) is 13.0 Å². The topological polar surface area (TPSA) is 41.1 Å². The van der Waals surface area contributed by atoms with Gasteiger partial charge in [0.15, 0.2) is 0 Å². The van der Waals surface area contributed by atoms with E-state index in [9.17, 15) is 4.79 Å². The Morgan fingerprint density at radius 2 is 2.11 bits per heavy atom. The normalized spacial score (nSPS) is 27.3.